The summed E-state index contributed by atoms with van der Waals surface area (Å²) in [4.78, 5) is 9.31. The predicted molar refractivity (Wildman–Crippen MR) is 82.7 cm³/mol. The van der Waals surface area contributed by atoms with Crippen molar-refractivity contribution in [3.63, 3.8) is 0 Å². The Balaban J connectivity index is 1.61. The molecule has 1 heterocycles. The molecular weight excluding hydrogens is 258 g/mol. The summed E-state index contributed by atoms with van der Waals surface area (Å²) in [5, 5.41) is 8.97. The molecule has 2 aliphatic carbocycles. The third-order valence-corrected chi connectivity index (χ3v) is 5.45. The smallest absolute Gasteiger partial charge is 0.131 e. The summed E-state index contributed by atoms with van der Waals surface area (Å²) in [6, 6.07) is 2.39. The summed E-state index contributed by atoms with van der Waals surface area (Å²) < 4.78 is 0. The highest BCUT2D eigenvalue weighted by atomic mass is 14.9. The Bertz CT molecular complexity index is 486. The van der Waals surface area contributed by atoms with Gasteiger partial charge in [-0.1, -0.05) is 19.8 Å². The van der Waals surface area contributed by atoms with E-state index in [0.29, 0.717) is 11.8 Å². The van der Waals surface area contributed by atoms with Crippen molar-refractivity contribution >= 4 is 0 Å². The summed E-state index contributed by atoms with van der Waals surface area (Å²) in [5.74, 6) is 3.28. The third kappa shape index (κ3) is 3.43. The van der Waals surface area contributed by atoms with Crippen molar-refractivity contribution in [1.29, 1.82) is 5.26 Å². The summed E-state index contributed by atoms with van der Waals surface area (Å²) in [6.07, 6.45) is 13.5. The average Bonchev–Trinajstić information content (AvgIpc) is 2.56. The van der Waals surface area contributed by atoms with E-state index in [0.717, 1.165) is 37.4 Å². The molecule has 0 aliphatic heterocycles. The fourth-order valence-corrected chi connectivity index (χ4v) is 3.84. The number of rotatable bonds is 2. The zero-order chi connectivity index (χ0) is 14.7. The van der Waals surface area contributed by atoms with Gasteiger partial charge in [-0.25, -0.2) is 9.97 Å². The van der Waals surface area contributed by atoms with E-state index >= 15 is 0 Å². The van der Waals surface area contributed by atoms with Crippen LogP contribution in [-0.4, -0.2) is 9.97 Å². The molecule has 112 valence electrons. The van der Waals surface area contributed by atoms with Crippen LogP contribution < -0.4 is 0 Å². The molecule has 1 aromatic heterocycles. The highest BCUT2D eigenvalue weighted by molar-refractivity contribution is 5.14. The standard InChI is InChI=1S/C18H25N3/c1-13-2-6-15(7-3-13)17-11-20-18(21-12-17)16-8-4-14(10-19)5-9-16/h11-16H,2-9H2,1H3/t13-,14-,15-,16-. The molecule has 0 radical (unpaired) electrons. The second-order valence-corrected chi connectivity index (χ2v) is 7.01. The van der Waals surface area contributed by atoms with Crippen molar-refractivity contribution < 1.29 is 0 Å². The lowest BCUT2D eigenvalue weighted by Crippen LogP contribution is -2.15. The van der Waals surface area contributed by atoms with E-state index in [1.54, 1.807) is 0 Å². The normalized spacial score (nSPS) is 33.3. The summed E-state index contributed by atoms with van der Waals surface area (Å²) in [6.45, 7) is 2.35. The molecule has 0 saturated heterocycles. The fourth-order valence-electron chi connectivity index (χ4n) is 3.84. The molecule has 0 spiro atoms. The maximum Gasteiger partial charge on any atom is 0.131 e. The van der Waals surface area contributed by atoms with Gasteiger partial charge in [-0.2, -0.15) is 5.26 Å². The Morgan fingerprint density at radius 2 is 1.48 bits per heavy atom. The lowest BCUT2D eigenvalue weighted by molar-refractivity contribution is 0.346. The van der Waals surface area contributed by atoms with Gasteiger partial charge in [0.15, 0.2) is 0 Å². The van der Waals surface area contributed by atoms with Crippen molar-refractivity contribution in [2.75, 3.05) is 0 Å². The molecule has 2 saturated carbocycles. The first kappa shape index (κ1) is 14.5. The van der Waals surface area contributed by atoms with Gasteiger partial charge in [0.2, 0.25) is 0 Å². The van der Waals surface area contributed by atoms with Gasteiger partial charge in [0.25, 0.3) is 0 Å². The van der Waals surface area contributed by atoms with Crippen LogP contribution >= 0.6 is 0 Å². The van der Waals surface area contributed by atoms with E-state index in [1.807, 2.05) is 0 Å². The number of aromatic nitrogens is 2. The lowest BCUT2D eigenvalue weighted by Gasteiger charge is -2.27. The van der Waals surface area contributed by atoms with Gasteiger partial charge in [-0.15, -0.1) is 0 Å². The lowest BCUT2D eigenvalue weighted by atomic mass is 9.80. The van der Waals surface area contributed by atoms with Gasteiger partial charge >= 0.3 is 0 Å². The Hall–Kier alpha value is -1.43. The average molecular weight is 283 g/mol. The van der Waals surface area contributed by atoms with Crippen LogP contribution in [-0.2, 0) is 0 Å². The third-order valence-electron chi connectivity index (χ3n) is 5.45. The highest BCUT2D eigenvalue weighted by Gasteiger charge is 2.25. The minimum Gasteiger partial charge on any atom is -0.241 e. The minimum absolute atomic E-state index is 0.254. The Labute approximate surface area is 127 Å². The van der Waals surface area contributed by atoms with Gasteiger partial charge in [0.1, 0.15) is 5.82 Å². The molecule has 21 heavy (non-hydrogen) atoms. The zero-order valence-corrected chi connectivity index (χ0v) is 13.0. The summed E-state index contributed by atoms with van der Waals surface area (Å²) in [5.41, 5.74) is 1.33. The molecular formula is C18H25N3. The van der Waals surface area contributed by atoms with E-state index in [-0.39, 0.29) is 5.92 Å². The van der Waals surface area contributed by atoms with Crippen LogP contribution in [0, 0.1) is 23.2 Å². The second-order valence-electron chi connectivity index (χ2n) is 7.01. The molecule has 2 aliphatic rings. The summed E-state index contributed by atoms with van der Waals surface area (Å²) >= 11 is 0. The first-order valence-corrected chi connectivity index (χ1v) is 8.47. The van der Waals surface area contributed by atoms with Gasteiger partial charge < -0.3 is 0 Å². The quantitative estimate of drug-likeness (QED) is 0.799. The molecule has 3 nitrogen and oxygen atoms in total. The van der Waals surface area contributed by atoms with Crippen molar-refractivity contribution in [1.82, 2.24) is 9.97 Å². The van der Waals surface area contributed by atoms with Gasteiger partial charge in [-0.05, 0) is 55.9 Å². The SMILES string of the molecule is C[C@H]1CC[C@H](c2cnc([C@H]3CC[C@H](C#N)CC3)nc2)CC1. The van der Waals surface area contributed by atoms with E-state index in [9.17, 15) is 0 Å². The maximum atomic E-state index is 8.97. The van der Waals surface area contributed by atoms with Gasteiger partial charge in [0, 0.05) is 24.2 Å². The molecule has 0 atom stereocenters. The zero-order valence-electron chi connectivity index (χ0n) is 13.0. The molecule has 0 aromatic carbocycles. The topological polar surface area (TPSA) is 49.6 Å². The molecule has 3 heteroatoms. The fraction of sp³-hybridized carbons (Fsp3) is 0.722. The largest absolute Gasteiger partial charge is 0.241 e. The minimum atomic E-state index is 0.254. The van der Waals surface area contributed by atoms with Crippen LogP contribution in [0.3, 0.4) is 0 Å². The Morgan fingerprint density at radius 3 is 2.05 bits per heavy atom. The van der Waals surface area contributed by atoms with Gasteiger partial charge in [0.05, 0.1) is 6.07 Å². The number of hydrogen-bond acceptors (Lipinski definition) is 3. The monoisotopic (exact) mass is 283 g/mol. The summed E-state index contributed by atoms with van der Waals surface area (Å²) in [7, 11) is 0. The molecule has 0 unspecified atom stereocenters. The number of nitriles is 1. The Morgan fingerprint density at radius 1 is 0.905 bits per heavy atom. The molecule has 3 rings (SSSR count). The van der Waals surface area contributed by atoms with Crippen LogP contribution in [0.4, 0.5) is 0 Å². The van der Waals surface area contributed by atoms with Crippen molar-refractivity contribution in [2.24, 2.45) is 11.8 Å². The van der Waals surface area contributed by atoms with Crippen LogP contribution in [0.25, 0.3) is 0 Å². The van der Waals surface area contributed by atoms with Crippen LogP contribution in [0.1, 0.15) is 81.5 Å². The van der Waals surface area contributed by atoms with Crippen LogP contribution in [0.5, 0.6) is 0 Å². The van der Waals surface area contributed by atoms with Crippen LogP contribution in [0.15, 0.2) is 12.4 Å². The van der Waals surface area contributed by atoms with E-state index in [2.05, 4.69) is 35.4 Å². The molecule has 1 aromatic rings. The number of nitrogens with zero attached hydrogens (tertiary/aromatic N) is 3. The first-order valence-electron chi connectivity index (χ1n) is 8.47. The van der Waals surface area contributed by atoms with E-state index < -0.39 is 0 Å². The van der Waals surface area contributed by atoms with Crippen molar-refractivity contribution in [2.45, 2.75) is 70.1 Å². The van der Waals surface area contributed by atoms with Crippen LogP contribution in [0.2, 0.25) is 0 Å². The molecule has 0 amide bonds. The first-order chi connectivity index (χ1) is 10.3. The second kappa shape index (κ2) is 6.56. The number of hydrogen-bond donors (Lipinski definition) is 0. The maximum absolute atomic E-state index is 8.97. The van der Waals surface area contributed by atoms with Gasteiger partial charge in [-0.3, -0.25) is 0 Å². The van der Waals surface area contributed by atoms with Crippen molar-refractivity contribution in [3.05, 3.63) is 23.8 Å². The van der Waals surface area contributed by atoms with Crippen molar-refractivity contribution in [3.8, 4) is 6.07 Å². The molecule has 2 fully saturated rings. The Kier molecular flexibility index (Phi) is 4.53. The predicted octanol–water partition coefficient (Wildman–Crippen LogP) is 4.57. The molecule has 0 bridgehead atoms. The van der Waals surface area contributed by atoms with E-state index in [1.165, 1.54) is 31.2 Å². The molecule has 0 N–H and O–H groups in total. The highest BCUT2D eigenvalue weighted by Crippen LogP contribution is 2.36. The van der Waals surface area contributed by atoms with E-state index in [4.69, 9.17) is 5.26 Å².